The highest BCUT2D eigenvalue weighted by Crippen LogP contribution is 2.37. The van der Waals surface area contributed by atoms with E-state index in [1.807, 2.05) is 37.3 Å². The molecule has 4 heterocycles. The van der Waals surface area contributed by atoms with Crippen LogP contribution in [0.5, 0.6) is 0 Å². The molecule has 0 unspecified atom stereocenters. The number of carbonyl (C=O) groups excluding carboxylic acids is 1. The van der Waals surface area contributed by atoms with E-state index in [9.17, 15) is 18.0 Å². The van der Waals surface area contributed by atoms with Gasteiger partial charge in [-0.15, -0.1) is 0 Å². The first-order valence-electron chi connectivity index (χ1n) is 11.4. The largest absolute Gasteiger partial charge is 0.416 e. The van der Waals surface area contributed by atoms with Crippen molar-refractivity contribution in [3.8, 4) is 22.3 Å². The molecule has 5 rings (SSSR count). The molecule has 0 saturated heterocycles. The minimum atomic E-state index is -4.59. The lowest BCUT2D eigenvalue weighted by Gasteiger charge is -2.13. The highest BCUT2D eigenvalue weighted by molar-refractivity contribution is 6.04. The topological polar surface area (TPSA) is 89.7 Å². The second-order valence-electron chi connectivity index (χ2n) is 8.87. The average Bonchev–Trinajstić information content (AvgIpc) is 3.49. The van der Waals surface area contributed by atoms with Crippen molar-refractivity contribution in [1.82, 2.24) is 24.8 Å². The Labute approximate surface area is 210 Å². The third kappa shape index (κ3) is 5.10. The van der Waals surface area contributed by atoms with Crippen molar-refractivity contribution in [1.29, 1.82) is 0 Å². The molecule has 0 radical (unpaired) electrons. The van der Waals surface area contributed by atoms with Gasteiger partial charge in [0.25, 0.3) is 0 Å². The van der Waals surface area contributed by atoms with Crippen LogP contribution < -0.4 is 5.32 Å². The van der Waals surface area contributed by atoms with Gasteiger partial charge in [0.05, 0.1) is 5.56 Å². The Morgan fingerprint density at radius 3 is 2.59 bits per heavy atom. The molecule has 37 heavy (non-hydrogen) atoms. The van der Waals surface area contributed by atoms with Crippen LogP contribution >= 0.6 is 0 Å². The molecule has 0 bridgehead atoms. The molecule has 1 amide bonds. The first kappa shape index (κ1) is 24.3. The van der Waals surface area contributed by atoms with Gasteiger partial charge in [-0.05, 0) is 61.6 Å². The summed E-state index contributed by atoms with van der Waals surface area (Å²) in [5.41, 5.74) is 3.04. The van der Waals surface area contributed by atoms with Gasteiger partial charge in [-0.2, -0.15) is 13.2 Å². The highest BCUT2D eigenvalue weighted by Gasteiger charge is 2.31. The van der Waals surface area contributed by atoms with Crippen molar-refractivity contribution in [2.75, 3.05) is 26.0 Å². The van der Waals surface area contributed by atoms with Gasteiger partial charge in [0, 0.05) is 65.0 Å². The summed E-state index contributed by atoms with van der Waals surface area (Å²) in [7, 11) is 3.69. The summed E-state index contributed by atoms with van der Waals surface area (Å²) in [6.07, 6.45) is 5.17. The molecule has 0 saturated carbocycles. The van der Waals surface area contributed by atoms with Gasteiger partial charge in [-0.25, -0.2) is 9.97 Å². The second-order valence-corrected chi connectivity index (χ2v) is 8.87. The number of hydrogen-bond donors (Lipinski definition) is 3. The van der Waals surface area contributed by atoms with E-state index < -0.39 is 17.6 Å². The van der Waals surface area contributed by atoms with Gasteiger partial charge in [-0.1, -0.05) is 6.08 Å². The monoisotopic (exact) mass is 504 g/mol. The van der Waals surface area contributed by atoms with E-state index in [1.54, 1.807) is 24.5 Å². The molecular formula is C27H23F3N6O. The standard InChI is InChI=1S/C27H23F3N6O/c1-36(2)9-3-4-24(37)35-19-11-16(10-18(13-19)27(28,29)30)17-12-22-23(15-34-26(22)33-14-17)20-5-7-31-25-21(20)6-8-32-25/h3-8,10-15H,9H2,1-2H3,(H,31,32)(H,33,34)(H,35,37)/b4-3+. The van der Waals surface area contributed by atoms with Crippen molar-refractivity contribution >= 4 is 33.7 Å². The fraction of sp³-hybridized carbons (Fsp3) is 0.148. The molecule has 0 fully saturated rings. The van der Waals surface area contributed by atoms with E-state index in [-0.39, 0.29) is 11.3 Å². The maximum absolute atomic E-state index is 13.7. The number of aromatic nitrogens is 4. The molecule has 4 aromatic heterocycles. The summed E-state index contributed by atoms with van der Waals surface area (Å²) in [5, 5.41) is 4.21. The van der Waals surface area contributed by atoms with Gasteiger partial charge in [0.1, 0.15) is 11.3 Å². The number of benzene rings is 1. The van der Waals surface area contributed by atoms with Gasteiger partial charge in [0.2, 0.25) is 5.91 Å². The molecule has 188 valence electrons. The summed E-state index contributed by atoms with van der Waals surface area (Å²) in [6.45, 7) is 0.526. The minimum absolute atomic E-state index is 0.0434. The second kappa shape index (κ2) is 9.55. The number of pyridine rings is 2. The molecule has 0 aliphatic carbocycles. The highest BCUT2D eigenvalue weighted by atomic mass is 19.4. The molecule has 5 aromatic rings. The van der Waals surface area contributed by atoms with E-state index in [1.165, 1.54) is 18.3 Å². The van der Waals surface area contributed by atoms with Crippen LogP contribution in [0.1, 0.15) is 5.56 Å². The van der Waals surface area contributed by atoms with Crippen molar-refractivity contribution in [3.05, 3.63) is 78.9 Å². The number of alkyl halides is 3. The van der Waals surface area contributed by atoms with Crippen LogP contribution in [0, 0.1) is 0 Å². The van der Waals surface area contributed by atoms with Gasteiger partial charge < -0.3 is 20.2 Å². The van der Waals surface area contributed by atoms with E-state index >= 15 is 0 Å². The smallest absolute Gasteiger partial charge is 0.346 e. The summed E-state index contributed by atoms with van der Waals surface area (Å²) in [5.74, 6) is -0.512. The molecule has 0 aliphatic heterocycles. The zero-order valence-corrected chi connectivity index (χ0v) is 20.0. The Kier molecular flexibility index (Phi) is 6.26. The van der Waals surface area contributed by atoms with Crippen molar-refractivity contribution < 1.29 is 18.0 Å². The Bertz CT molecular complexity index is 1630. The Hall–Kier alpha value is -4.44. The van der Waals surface area contributed by atoms with Crippen LogP contribution in [0.2, 0.25) is 0 Å². The van der Waals surface area contributed by atoms with Crippen LogP contribution in [-0.4, -0.2) is 51.4 Å². The number of likely N-dealkylation sites (N-methyl/N-ethyl adjacent to an activating group) is 1. The van der Waals surface area contributed by atoms with Gasteiger partial charge in [-0.3, -0.25) is 4.79 Å². The molecule has 1 aromatic carbocycles. The maximum Gasteiger partial charge on any atom is 0.416 e. The van der Waals surface area contributed by atoms with Crippen molar-refractivity contribution in [2.45, 2.75) is 6.18 Å². The average molecular weight is 505 g/mol. The van der Waals surface area contributed by atoms with Crippen molar-refractivity contribution in [2.24, 2.45) is 0 Å². The van der Waals surface area contributed by atoms with E-state index in [0.29, 0.717) is 17.8 Å². The molecule has 7 nitrogen and oxygen atoms in total. The number of halogens is 3. The predicted octanol–water partition coefficient (Wildman–Crippen LogP) is 5.85. The van der Waals surface area contributed by atoms with Gasteiger partial charge >= 0.3 is 6.18 Å². The number of nitrogens with zero attached hydrogens (tertiary/aromatic N) is 3. The van der Waals surface area contributed by atoms with Crippen molar-refractivity contribution in [3.63, 3.8) is 0 Å². The zero-order valence-electron chi connectivity index (χ0n) is 20.0. The lowest BCUT2D eigenvalue weighted by molar-refractivity contribution is -0.137. The quantitative estimate of drug-likeness (QED) is 0.253. The molecule has 0 aliphatic rings. The number of nitrogens with one attached hydrogen (secondary N) is 3. The Balaban J connectivity index is 1.56. The predicted molar refractivity (Wildman–Crippen MR) is 138 cm³/mol. The number of carbonyl (C=O) groups is 1. The SMILES string of the molecule is CN(C)C/C=C/C(=O)Nc1cc(-c2cnc3[nH]cc(-c4ccnc5[nH]ccc45)c3c2)cc(C(F)(F)F)c1. The third-order valence-electron chi connectivity index (χ3n) is 5.88. The summed E-state index contributed by atoms with van der Waals surface area (Å²) in [4.78, 5) is 29.1. The van der Waals surface area contributed by atoms with E-state index in [0.717, 1.165) is 39.7 Å². The Morgan fingerprint density at radius 2 is 1.81 bits per heavy atom. The molecular weight excluding hydrogens is 481 g/mol. The molecule has 0 atom stereocenters. The molecule has 10 heteroatoms. The fourth-order valence-corrected chi connectivity index (χ4v) is 4.16. The zero-order chi connectivity index (χ0) is 26.2. The van der Waals surface area contributed by atoms with E-state index in [4.69, 9.17) is 0 Å². The van der Waals surface area contributed by atoms with E-state index in [2.05, 4.69) is 25.3 Å². The third-order valence-corrected chi connectivity index (χ3v) is 5.88. The normalized spacial score (nSPS) is 12.3. The van der Waals surface area contributed by atoms with Crippen LogP contribution in [0.4, 0.5) is 18.9 Å². The van der Waals surface area contributed by atoms with Crippen LogP contribution in [0.3, 0.4) is 0 Å². The lowest BCUT2D eigenvalue weighted by Crippen LogP contribution is -2.13. The first-order valence-corrected chi connectivity index (χ1v) is 11.4. The lowest BCUT2D eigenvalue weighted by atomic mass is 9.99. The van der Waals surface area contributed by atoms with Crippen LogP contribution in [0.25, 0.3) is 44.3 Å². The Morgan fingerprint density at radius 1 is 1.00 bits per heavy atom. The van der Waals surface area contributed by atoms with Crippen LogP contribution in [0.15, 0.2) is 73.3 Å². The number of H-pyrrole nitrogens is 2. The molecule has 3 N–H and O–H groups in total. The fourth-order valence-electron chi connectivity index (χ4n) is 4.16. The number of hydrogen-bond acceptors (Lipinski definition) is 4. The summed E-state index contributed by atoms with van der Waals surface area (Å²) < 4.78 is 41.2. The van der Waals surface area contributed by atoms with Crippen LogP contribution in [-0.2, 0) is 11.0 Å². The van der Waals surface area contributed by atoms with Gasteiger partial charge in [0.15, 0.2) is 0 Å². The summed E-state index contributed by atoms with van der Waals surface area (Å²) in [6, 6.07) is 9.09. The minimum Gasteiger partial charge on any atom is -0.346 e. The number of rotatable bonds is 6. The molecule has 0 spiro atoms. The number of anilines is 1. The first-order chi connectivity index (χ1) is 17.7. The maximum atomic E-state index is 13.7. The summed E-state index contributed by atoms with van der Waals surface area (Å²) >= 11 is 0. The number of amides is 1. The number of fused-ring (bicyclic) bond motifs is 2. The number of aromatic amines is 2.